The van der Waals surface area contributed by atoms with Crippen molar-refractivity contribution < 1.29 is 0 Å². The predicted molar refractivity (Wildman–Crippen MR) is 33.0 cm³/mol. The van der Waals surface area contributed by atoms with Gasteiger partial charge in [0.05, 0.1) is 5.03 Å². The first-order chi connectivity index (χ1) is 3.31. The van der Waals surface area contributed by atoms with Crippen molar-refractivity contribution in [2.45, 2.75) is 0 Å². The van der Waals surface area contributed by atoms with Crippen LogP contribution in [0.4, 0.5) is 0 Å². The van der Waals surface area contributed by atoms with Gasteiger partial charge in [-0.2, -0.15) is 0 Å². The van der Waals surface area contributed by atoms with Gasteiger partial charge in [0.2, 0.25) is 0 Å². The van der Waals surface area contributed by atoms with Gasteiger partial charge < -0.3 is 0 Å². The minimum Gasteiger partial charge on any atom is -0.114 e. The monoisotopic (exact) mass is 112 g/mol. The Hall–Kier alpha value is -0.670. The zero-order valence-electron chi connectivity index (χ0n) is 3.82. The zero-order valence-corrected chi connectivity index (χ0v) is 4.57. The van der Waals surface area contributed by atoms with Crippen LogP contribution in [0.5, 0.6) is 0 Å². The number of terminal acetylenes is 1. The minimum atomic E-state index is 0.384. The molecule has 0 N–H and O–H groups in total. The lowest BCUT2D eigenvalue weighted by atomic mass is 10.5. The Morgan fingerprint density at radius 3 is 2.57 bits per heavy atom. The maximum absolute atomic E-state index is 5.32. The summed E-state index contributed by atoms with van der Waals surface area (Å²) >= 11 is 5.32. The third kappa shape index (κ3) is 3.15. The van der Waals surface area contributed by atoms with Gasteiger partial charge in [0.1, 0.15) is 0 Å². The molecule has 0 heterocycles. The molecular formula is C6H5Cl. The molecule has 0 aliphatic carbocycles. The third-order valence-corrected chi connectivity index (χ3v) is 0.637. The molecule has 0 saturated carbocycles. The fraction of sp³-hybridized carbons (Fsp3) is 0. The quantitative estimate of drug-likeness (QED) is 0.359. The van der Waals surface area contributed by atoms with Gasteiger partial charge in [-0.25, -0.2) is 0 Å². The van der Waals surface area contributed by atoms with Crippen molar-refractivity contribution in [2.24, 2.45) is 0 Å². The zero-order chi connectivity index (χ0) is 5.70. The molecule has 0 aliphatic heterocycles. The van der Waals surface area contributed by atoms with Crippen LogP contribution < -0.4 is 0 Å². The second-order valence-corrected chi connectivity index (χ2v) is 1.30. The predicted octanol–water partition coefficient (Wildman–Crippen LogP) is 1.93. The van der Waals surface area contributed by atoms with Crippen LogP contribution in [0.15, 0.2) is 23.8 Å². The van der Waals surface area contributed by atoms with Crippen LogP contribution in [-0.2, 0) is 0 Å². The molecule has 0 saturated heterocycles. The van der Waals surface area contributed by atoms with Crippen molar-refractivity contribution in [3.05, 3.63) is 23.8 Å². The third-order valence-electron chi connectivity index (χ3n) is 0.402. The summed E-state index contributed by atoms with van der Waals surface area (Å²) < 4.78 is 0. The Morgan fingerprint density at radius 2 is 2.43 bits per heavy atom. The molecule has 0 aliphatic rings. The molecule has 0 bridgehead atoms. The highest BCUT2D eigenvalue weighted by molar-refractivity contribution is 6.32. The van der Waals surface area contributed by atoms with Crippen LogP contribution in [0.1, 0.15) is 0 Å². The molecule has 0 aromatic carbocycles. The Kier molecular flexibility index (Phi) is 3.18. The van der Waals surface area contributed by atoms with E-state index in [4.69, 9.17) is 18.0 Å². The number of hydrogen-bond donors (Lipinski definition) is 0. The van der Waals surface area contributed by atoms with Gasteiger partial charge >= 0.3 is 0 Å². The maximum atomic E-state index is 5.32. The van der Waals surface area contributed by atoms with Gasteiger partial charge in [-0.1, -0.05) is 30.2 Å². The first-order valence-electron chi connectivity index (χ1n) is 1.76. The lowest BCUT2D eigenvalue weighted by Crippen LogP contribution is -1.55. The lowest BCUT2D eigenvalue weighted by molar-refractivity contribution is 1.98. The van der Waals surface area contributed by atoms with Gasteiger partial charge in [0.25, 0.3) is 0 Å². The Balaban J connectivity index is 3.80. The van der Waals surface area contributed by atoms with Crippen LogP contribution in [0, 0.1) is 12.3 Å². The Labute approximate surface area is 48.5 Å². The van der Waals surface area contributed by atoms with Gasteiger partial charge in [0.15, 0.2) is 0 Å². The smallest absolute Gasteiger partial charge is 0.0901 e. The number of rotatable bonds is 1. The van der Waals surface area contributed by atoms with Crippen molar-refractivity contribution in [3.63, 3.8) is 0 Å². The fourth-order valence-electron chi connectivity index (χ4n) is 0.152. The standard InChI is InChI=1S/C6H5Cl/c1-3-5-6(7)4-2/h2-3,5H,1H2/b6-5+. The molecule has 0 fully saturated rings. The average molecular weight is 113 g/mol. The molecule has 0 unspecified atom stereocenters. The van der Waals surface area contributed by atoms with Gasteiger partial charge in [0, 0.05) is 0 Å². The van der Waals surface area contributed by atoms with E-state index in [9.17, 15) is 0 Å². The Morgan fingerprint density at radius 1 is 1.86 bits per heavy atom. The molecule has 1 heteroatoms. The summed E-state index contributed by atoms with van der Waals surface area (Å²) in [4.78, 5) is 0. The molecule has 0 amide bonds. The van der Waals surface area contributed by atoms with E-state index in [2.05, 4.69) is 12.5 Å². The summed E-state index contributed by atoms with van der Waals surface area (Å²) in [5, 5.41) is 0.384. The number of halogens is 1. The average Bonchev–Trinajstić information content (AvgIpc) is 1.68. The highest BCUT2D eigenvalue weighted by Gasteiger charge is 1.73. The van der Waals surface area contributed by atoms with E-state index in [-0.39, 0.29) is 0 Å². The SMILES string of the molecule is C#C/C(Cl)=C\C=C. The normalized spacial score (nSPS) is 10.0. The summed E-state index contributed by atoms with van der Waals surface area (Å²) in [5.41, 5.74) is 0. The molecular weight excluding hydrogens is 108 g/mol. The molecule has 0 rings (SSSR count). The van der Waals surface area contributed by atoms with Crippen LogP contribution in [0.3, 0.4) is 0 Å². The van der Waals surface area contributed by atoms with E-state index >= 15 is 0 Å². The first-order valence-corrected chi connectivity index (χ1v) is 2.14. The Bertz CT molecular complexity index is 126. The molecule has 0 radical (unpaired) electrons. The van der Waals surface area contributed by atoms with E-state index in [1.165, 1.54) is 0 Å². The van der Waals surface area contributed by atoms with E-state index in [0.29, 0.717) is 5.03 Å². The van der Waals surface area contributed by atoms with Crippen molar-refractivity contribution in [1.82, 2.24) is 0 Å². The maximum Gasteiger partial charge on any atom is 0.0901 e. The van der Waals surface area contributed by atoms with Crippen LogP contribution in [-0.4, -0.2) is 0 Å². The number of hydrogen-bond acceptors (Lipinski definition) is 0. The van der Waals surface area contributed by atoms with Crippen LogP contribution >= 0.6 is 11.6 Å². The molecule has 0 aromatic rings. The molecule has 0 aromatic heterocycles. The van der Waals surface area contributed by atoms with E-state index in [0.717, 1.165) is 0 Å². The highest BCUT2D eigenvalue weighted by Crippen LogP contribution is 1.95. The summed E-state index contributed by atoms with van der Waals surface area (Å²) in [7, 11) is 0. The first kappa shape index (κ1) is 6.33. The second kappa shape index (κ2) is 3.52. The summed E-state index contributed by atoms with van der Waals surface area (Å²) in [6.45, 7) is 3.39. The highest BCUT2D eigenvalue weighted by atomic mass is 35.5. The van der Waals surface area contributed by atoms with Crippen molar-refractivity contribution in [1.29, 1.82) is 0 Å². The fourth-order valence-corrected chi connectivity index (χ4v) is 0.241. The van der Waals surface area contributed by atoms with Gasteiger partial charge in [-0.15, -0.1) is 6.42 Å². The lowest BCUT2D eigenvalue weighted by Gasteiger charge is -1.72. The van der Waals surface area contributed by atoms with E-state index in [1.807, 2.05) is 0 Å². The van der Waals surface area contributed by atoms with E-state index in [1.54, 1.807) is 12.2 Å². The summed E-state index contributed by atoms with van der Waals surface area (Å²) in [5.74, 6) is 2.22. The van der Waals surface area contributed by atoms with Gasteiger partial charge in [-0.3, -0.25) is 0 Å². The summed E-state index contributed by atoms with van der Waals surface area (Å²) in [6.07, 6.45) is 7.96. The van der Waals surface area contributed by atoms with Crippen LogP contribution in [0.25, 0.3) is 0 Å². The topological polar surface area (TPSA) is 0 Å². The van der Waals surface area contributed by atoms with Crippen molar-refractivity contribution in [3.8, 4) is 12.3 Å². The van der Waals surface area contributed by atoms with Crippen molar-refractivity contribution in [2.75, 3.05) is 0 Å². The van der Waals surface area contributed by atoms with E-state index < -0.39 is 0 Å². The molecule has 7 heavy (non-hydrogen) atoms. The summed E-state index contributed by atoms with van der Waals surface area (Å²) in [6, 6.07) is 0. The molecule has 0 spiro atoms. The molecule has 0 nitrogen and oxygen atoms in total. The number of allylic oxidation sites excluding steroid dienone is 3. The molecule has 0 atom stereocenters. The largest absolute Gasteiger partial charge is 0.114 e. The van der Waals surface area contributed by atoms with Crippen molar-refractivity contribution >= 4 is 11.6 Å². The van der Waals surface area contributed by atoms with Gasteiger partial charge in [-0.05, 0) is 6.08 Å². The van der Waals surface area contributed by atoms with Crippen LogP contribution in [0.2, 0.25) is 0 Å². The minimum absolute atomic E-state index is 0.384. The second-order valence-electron chi connectivity index (χ2n) is 0.895. The molecule has 36 valence electrons.